The summed E-state index contributed by atoms with van der Waals surface area (Å²) in [6.45, 7) is 7.72. The molecular formula is C34H35N3O5S. The lowest BCUT2D eigenvalue weighted by atomic mass is 9.92. The molecule has 4 heterocycles. The lowest BCUT2D eigenvalue weighted by molar-refractivity contribution is -0.138. The van der Waals surface area contributed by atoms with Gasteiger partial charge in [0.1, 0.15) is 11.8 Å². The van der Waals surface area contributed by atoms with Crippen LogP contribution in [0.2, 0.25) is 0 Å². The summed E-state index contributed by atoms with van der Waals surface area (Å²) < 4.78 is 21.6. The maximum Gasteiger partial charge on any atom is 0.338 e. The fraction of sp³-hybridized carbons (Fsp3) is 0.324. The summed E-state index contributed by atoms with van der Waals surface area (Å²) in [5, 5.41) is 0. The third-order valence-electron chi connectivity index (χ3n) is 8.12. The number of aromatic nitrogens is 2. The van der Waals surface area contributed by atoms with Crippen LogP contribution >= 0.6 is 11.3 Å². The van der Waals surface area contributed by atoms with E-state index in [-0.39, 0.29) is 18.3 Å². The van der Waals surface area contributed by atoms with Crippen molar-refractivity contribution >= 4 is 29.1 Å². The van der Waals surface area contributed by atoms with Gasteiger partial charge in [-0.2, -0.15) is 0 Å². The Morgan fingerprint density at radius 1 is 1.14 bits per heavy atom. The van der Waals surface area contributed by atoms with Crippen molar-refractivity contribution in [1.29, 1.82) is 0 Å². The molecule has 0 N–H and O–H groups in total. The molecule has 2 aromatic heterocycles. The predicted molar refractivity (Wildman–Crippen MR) is 167 cm³/mol. The van der Waals surface area contributed by atoms with Gasteiger partial charge in [-0.25, -0.2) is 9.79 Å². The monoisotopic (exact) mass is 597 g/mol. The van der Waals surface area contributed by atoms with Gasteiger partial charge < -0.3 is 18.8 Å². The highest BCUT2D eigenvalue weighted by Crippen LogP contribution is 2.38. The van der Waals surface area contributed by atoms with Gasteiger partial charge in [0, 0.05) is 35.7 Å². The molecule has 2 aliphatic heterocycles. The van der Waals surface area contributed by atoms with Crippen molar-refractivity contribution in [2.75, 3.05) is 20.3 Å². The van der Waals surface area contributed by atoms with E-state index in [2.05, 4.69) is 24.5 Å². The molecule has 0 radical (unpaired) electrons. The van der Waals surface area contributed by atoms with Crippen LogP contribution in [0.1, 0.15) is 53.9 Å². The number of aryl methyl sites for hydroxylation is 1. The van der Waals surface area contributed by atoms with Crippen LogP contribution in [0, 0.1) is 13.8 Å². The van der Waals surface area contributed by atoms with Crippen LogP contribution in [0.4, 0.5) is 0 Å². The van der Waals surface area contributed by atoms with Gasteiger partial charge in [0.15, 0.2) is 4.80 Å². The summed E-state index contributed by atoms with van der Waals surface area (Å²) in [6.07, 6.45) is 4.29. The van der Waals surface area contributed by atoms with E-state index in [0.717, 1.165) is 48.5 Å². The first-order valence-corrected chi connectivity index (χ1v) is 15.4. The second kappa shape index (κ2) is 12.2. The number of nitrogens with zero attached hydrogens (tertiary/aromatic N) is 3. The molecule has 222 valence electrons. The van der Waals surface area contributed by atoms with E-state index in [4.69, 9.17) is 19.2 Å². The highest BCUT2D eigenvalue weighted by molar-refractivity contribution is 7.07. The third kappa shape index (κ3) is 5.39. The van der Waals surface area contributed by atoms with Crippen LogP contribution in [-0.4, -0.2) is 41.5 Å². The van der Waals surface area contributed by atoms with E-state index >= 15 is 0 Å². The van der Waals surface area contributed by atoms with E-state index in [1.54, 1.807) is 18.6 Å². The number of thiazole rings is 1. The quantitative estimate of drug-likeness (QED) is 0.279. The summed E-state index contributed by atoms with van der Waals surface area (Å²) in [5.74, 6) is 0.0452. The van der Waals surface area contributed by atoms with Gasteiger partial charge in [-0.05, 0) is 57.4 Å². The third-order valence-corrected chi connectivity index (χ3v) is 9.10. The maximum absolute atomic E-state index is 14.3. The molecule has 0 unspecified atom stereocenters. The summed E-state index contributed by atoms with van der Waals surface area (Å²) in [4.78, 5) is 33.4. The fourth-order valence-electron chi connectivity index (χ4n) is 6.01. The van der Waals surface area contributed by atoms with E-state index in [1.807, 2.05) is 60.7 Å². The average Bonchev–Trinajstić information content (AvgIpc) is 3.72. The number of hydrogen-bond donors (Lipinski definition) is 0. The minimum Gasteiger partial charge on any atom is -0.496 e. The molecule has 0 aliphatic carbocycles. The zero-order valence-electron chi connectivity index (χ0n) is 24.8. The number of ether oxygens (including phenoxy) is 3. The van der Waals surface area contributed by atoms with Crippen molar-refractivity contribution < 1.29 is 19.0 Å². The van der Waals surface area contributed by atoms with Crippen molar-refractivity contribution in [2.24, 2.45) is 4.99 Å². The van der Waals surface area contributed by atoms with Crippen molar-refractivity contribution in [1.82, 2.24) is 9.13 Å². The highest BCUT2D eigenvalue weighted by atomic mass is 32.1. The Kier molecular flexibility index (Phi) is 8.19. The number of carbonyl (C=O) groups is 1. The molecule has 2 aliphatic rings. The van der Waals surface area contributed by atoms with Crippen LogP contribution in [0.5, 0.6) is 5.75 Å². The SMILES string of the molecule is CCOC(=O)C1=C(c2ccccc2)N=c2s/c(=C\c3cc(C)n(C[C@H]4CCCO4)c3C)c(=O)n2[C@@H]1c1ccccc1OC. The topological polar surface area (TPSA) is 84.0 Å². The molecule has 1 saturated heterocycles. The molecule has 0 amide bonds. The van der Waals surface area contributed by atoms with Crippen LogP contribution in [0.15, 0.2) is 76.0 Å². The van der Waals surface area contributed by atoms with Crippen molar-refractivity contribution in [2.45, 2.75) is 52.3 Å². The number of hydrogen-bond acceptors (Lipinski definition) is 7. The Labute approximate surface area is 254 Å². The molecule has 43 heavy (non-hydrogen) atoms. The van der Waals surface area contributed by atoms with Crippen LogP contribution < -0.4 is 19.6 Å². The number of benzene rings is 2. The van der Waals surface area contributed by atoms with Gasteiger partial charge in [0.2, 0.25) is 0 Å². The summed E-state index contributed by atoms with van der Waals surface area (Å²) in [5.41, 5.74) is 5.18. The van der Waals surface area contributed by atoms with Crippen molar-refractivity contribution in [3.8, 4) is 5.75 Å². The Morgan fingerprint density at radius 3 is 2.63 bits per heavy atom. The van der Waals surface area contributed by atoms with Crippen LogP contribution in [-0.2, 0) is 20.8 Å². The van der Waals surface area contributed by atoms with E-state index in [9.17, 15) is 9.59 Å². The Hall–Kier alpha value is -4.21. The zero-order chi connectivity index (χ0) is 30.1. The number of carbonyl (C=O) groups excluding carboxylic acids is 1. The van der Waals surface area contributed by atoms with Gasteiger partial charge in [-0.3, -0.25) is 9.36 Å². The molecule has 0 saturated carbocycles. The largest absolute Gasteiger partial charge is 0.496 e. The van der Waals surface area contributed by atoms with E-state index in [0.29, 0.717) is 31.9 Å². The Morgan fingerprint density at radius 2 is 1.91 bits per heavy atom. The first-order chi connectivity index (χ1) is 20.9. The highest BCUT2D eigenvalue weighted by Gasteiger charge is 2.36. The van der Waals surface area contributed by atoms with Gasteiger partial charge in [0.25, 0.3) is 5.56 Å². The van der Waals surface area contributed by atoms with Gasteiger partial charge in [0.05, 0.1) is 35.6 Å². The smallest absolute Gasteiger partial charge is 0.338 e. The zero-order valence-corrected chi connectivity index (χ0v) is 25.6. The molecule has 0 spiro atoms. The summed E-state index contributed by atoms with van der Waals surface area (Å²) in [6, 6.07) is 18.3. The number of fused-ring (bicyclic) bond motifs is 1. The molecule has 0 bridgehead atoms. The number of methoxy groups -OCH3 is 1. The molecule has 2 aromatic carbocycles. The van der Waals surface area contributed by atoms with Gasteiger partial charge >= 0.3 is 5.97 Å². The molecule has 1 fully saturated rings. The second-order valence-corrected chi connectivity index (χ2v) is 11.8. The number of esters is 1. The summed E-state index contributed by atoms with van der Waals surface area (Å²) in [7, 11) is 1.58. The second-order valence-electron chi connectivity index (χ2n) is 10.7. The average molecular weight is 598 g/mol. The van der Waals surface area contributed by atoms with E-state index in [1.165, 1.54) is 11.3 Å². The van der Waals surface area contributed by atoms with Crippen molar-refractivity contribution in [3.05, 3.63) is 114 Å². The number of rotatable bonds is 8. The molecule has 6 rings (SSSR count). The fourth-order valence-corrected chi connectivity index (χ4v) is 7.01. The minimum absolute atomic E-state index is 0.189. The Balaban J connectivity index is 1.58. The standard InChI is InChI=1S/C34H35N3O5S/c1-5-41-33(39)29-30(23-12-7-6-8-13-23)35-34-37(31(29)26-15-9-10-16-27(26)40-4)32(38)28(43-34)19-24-18-21(2)36(22(24)3)20-25-14-11-17-42-25/h6-10,12-13,15-16,18-19,25,31H,5,11,14,17,20H2,1-4H3/b28-19-/t25-,31-/m1/s1. The summed E-state index contributed by atoms with van der Waals surface area (Å²) >= 11 is 1.32. The van der Waals surface area contributed by atoms with Crippen LogP contribution in [0.25, 0.3) is 11.8 Å². The Bertz CT molecular complexity index is 1880. The first kappa shape index (κ1) is 28.9. The number of para-hydroxylation sites is 1. The molecule has 2 atom stereocenters. The molecule has 9 heteroatoms. The lowest BCUT2D eigenvalue weighted by Crippen LogP contribution is -2.40. The van der Waals surface area contributed by atoms with Gasteiger partial charge in [-0.1, -0.05) is 59.9 Å². The molecule has 4 aromatic rings. The van der Waals surface area contributed by atoms with Gasteiger partial charge in [-0.15, -0.1) is 0 Å². The molecular weight excluding hydrogens is 562 g/mol. The van der Waals surface area contributed by atoms with Crippen LogP contribution in [0.3, 0.4) is 0 Å². The lowest BCUT2D eigenvalue weighted by Gasteiger charge is -2.27. The molecule has 8 nitrogen and oxygen atoms in total. The predicted octanol–water partition coefficient (Wildman–Crippen LogP) is 4.54. The van der Waals surface area contributed by atoms with Crippen molar-refractivity contribution in [3.63, 3.8) is 0 Å². The van der Waals surface area contributed by atoms with E-state index < -0.39 is 12.0 Å². The normalized spacial score (nSPS) is 18.5. The first-order valence-electron chi connectivity index (χ1n) is 14.6. The minimum atomic E-state index is -0.796. The maximum atomic E-state index is 14.3.